The Morgan fingerprint density at radius 3 is 2.14 bits per heavy atom. The molecule has 0 N–H and O–H groups in total. The monoisotopic (exact) mass is 196 g/mol. The maximum absolute atomic E-state index is 2.43. The van der Waals surface area contributed by atoms with Gasteiger partial charge in [0.2, 0.25) is 0 Å². The molecule has 42 valence electrons. The molecule has 1 heterocycles. The van der Waals surface area contributed by atoms with Crippen molar-refractivity contribution in [1.29, 1.82) is 0 Å². The van der Waals surface area contributed by atoms with Crippen LogP contribution in [0.2, 0.25) is 5.71 Å². The molecule has 0 aromatic heterocycles. The zero-order valence-electron chi connectivity index (χ0n) is 4.39. The second-order valence-electron chi connectivity index (χ2n) is 1.46. The van der Waals surface area contributed by atoms with Gasteiger partial charge >= 0.3 is 56.0 Å². The molecule has 7 heavy (non-hydrogen) atoms. The van der Waals surface area contributed by atoms with Crippen molar-refractivity contribution in [1.82, 2.24) is 0 Å². The molecular weight excluding hydrogens is 187 g/mol. The molecule has 0 nitrogen and oxygen atoms in total. The van der Waals surface area contributed by atoms with E-state index in [2.05, 4.69) is 25.8 Å². The third-order valence-corrected chi connectivity index (χ3v) is 12.7. The van der Waals surface area contributed by atoms with Crippen LogP contribution < -0.4 is 0 Å². The molecule has 1 fully saturated rings. The van der Waals surface area contributed by atoms with Gasteiger partial charge in [0.25, 0.3) is 0 Å². The molecule has 0 aromatic carbocycles. The Morgan fingerprint density at radius 1 is 1.29 bits per heavy atom. The summed E-state index contributed by atoms with van der Waals surface area (Å²) in [5.41, 5.74) is 2.43. The van der Waals surface area contributed by atoms with E-state index in [1.165, 1.54) is 17.9 Å². The van der Waals surface area contributed by atoms with Crippen molar-refractivity contribution in [3.8, 4) is 0 Å². The summed E-state index contributed by atoms with van der Waals surface area (Å²) in [4.78, 5) is 0. The van der Waals surface area contributed by atoms with E-state index < -0.39 is 0 Å². The Bertz CT molecular complexity index is 51.7. The zero-order valence-corrected chi connectivity index (χ0v) is 7.89. The Hall–Kier alpha value is 1.26. The molecule has 0 radical (unpaired) electrons. The normalized spacial score (nSPS) is 25.3. The van der Waals surface area contributed by atoms with Crippen molar-refractivity contribution in [2.45, 2.75) is 12.1 Å². The molecule has 1 rings (SSSR count). The van der Waals surface area contributed by atoms with Crippen LogP contribution in [0.4, 0.5) is 0 Å². The fourth-order valence-electron chi connectivity index (χ4n) is 0.482. The van der Waals surface area contributed by atoms with E-state index >= 15 is 0 Å². The third kappa shape index (κ3) is 2.34. The van der Waals surface area contributed by atoms with E-state index in [4.69, 9.17) is 0 Å². The van der Waals surface area contributed by atoms with Crippen LogP contribution in [0.15, 0.2) is 0 Å². The van der Waals surface area contributed by atoms with E-state index in [0.717, 1.165) is 0 Å². The first-order valence-corrected chi connectivity index (χ1v) is 10.7. The summed E-state index contributed by atoms with van der Waals surface area (Å²) in [6, 6.07) is 0. The molecule has 0 saturated carbocycles. The van der Waals surface area contributed by atoms with Crippen LogP contribution in [0.1, 0.15) is 6.42 Å². The van der Waals surface area contributed by atoms with Gasteiger partial charge in [0.05, 0.1) is 0 Å². The molecule has 0 aliphatic carbocycles. The van der Waals surface area contributed by atoms with Crippen molar-refractivity contribution in [3.63, 3.8) is 0 Å². The van der Waals surface area contributed by atoms with Gasteiger partial charge < -0.3 is 0 Å². The van der Waals surface area contributed by atoms with Crippen LogP contribution in [0, 0.1) is 0 Å². The first-order valence-electron chi connectivity index (χ1n) is 2.39. The molecule has 0 aromatic rings. The van der Waals surface area contributed by atoms with Gasteiger partial charge in [-0.05, 0) is 0 Å². The van der Waals surface area contributed by atoms with Gasteiger partial charge in [-0.1, -0.05) is 0 Å². The van der Waals surface area contributed by atoms with E-state index in [1.54, 1.807) is 0 Å². The molecular formula is C4H9AsS2. The Kier molecular flexibility index (Phi) is 3.02. The summed E-state index contributed by atoms with van der Waals surface area (Å²) in [5.74, 6) is 2.90. The van der Waals surface area contributed by atoms with E-state index in [1.807, 2.05) is 0 Å². The van der Waals surface area contributed by atoms with Crippen LogP contribution in [0.5, 0.6) is 0 Å². The molecule has 3 heteroatoms. The molecule has 0 bridgehead atoms. The van der Waals surface area contributed by atoms with Gasteiger partial charge in [-0.3, -0.25) is 0 Å². The quantitative estimate of drug-likeness (QED) is 0.543. The summed E-state index contributed by atoms with van der Waals surface area (Å²) in [5, 5.41) is 0. The van der Waals surface area contributed by atoms with Gasteiger partial charge in [0.15, 0.2) is 0 Å². The van der Waals surface area contributed by atoms with Crippen LogP contribution in [0.25, 0.3) is 0 Å². The molecule has 0 atom stereocenters. The summed E-state index contributed by atoms with van der Waals surface area (Å²) in [6.45, 7) is 0. The number of hydrogen-bond acceptors (Lipinski definition) is 2. The van der Waals surface area contributed by atoms with Crippen LogP contribution in [0.3, 0.4) is 0 Å². The molecule has 1 aliphatic rings. The predicted octanol–water partition coefficient (Wildman–Crippen LogP) is 1.97. The summed E-state index contributed by atoms with van der Waals surface area (Å²) < 4.78 is 0. The summed E-state index contributed by atoms with van der Waals surface area (Å²) >= 11 is -0.318. The average Bonchev–Trinajstić information content (AvgIpc) is 1.69. The number of hydrogen-bond donors (Lipinski definition) is 0. The van der Waals surface area contributed by atoms with Gasteiger partial charge in [-0.2, -0.15) is 0 Å². The fourth-order valence-corrected chi connectivity index (χ4v) is 10.6. The van der Waals surface area contributed by atoms with E-state index in [0.29, 0.717) is 0 Å². The predicted molar refractivity (Wildman–Crippen MR) is 41.2 cm³/mol. The summed E-state index contributed by atoms with van der Waals surface area (Å²) in [6.07, 6.45) is 1.45. The molecule has 0 amide bonds. The number of rotatable bonds is 0. The Labute approximate surface area is 56.0 Å². The van der Waals surface area contributed by atoms with E-state index in [9.17, 15) is 0 Å². The topological polar surface area (TPSA) is 0 Å². The van der Waals surface area contributed by atoms with Crippen molar-refractivity contribution in [2.75, 3.05) is 11.5 Å². The zero-order chi connectivity index (χ0) is 5.11. The first-order chi connectivity index (χ1) is 3.39. The average molecular weight is 196 g/mol. The Balaban J connectivity index is 2.12. The van der Waals surface area contributed by atoms with Crippen LogP contribution in [-0.2, 0) is 0 Å². The third-order valence-electron chi connectivity index (χ3n) is 0.835. The fraction of sp³-hybridized carbons (Fsp3) is 1.00. The first kappa shape index (κ1) is 6.38. The van der Waals surface area contributed by atoms with Crippen molar-refractivity contribution < 1.29 is 0 Å². The van der Waals surface area contributed by atoms with Gasteiger partial charge in [0.1, 0.15) is 0 Å². The minimum absolute atomic E-state index is 0.318. The second kappa shape index (κ2) is 3.32. The Morgan fingerprint density at radius 2 is 1.86 bits per heavy atom. The molecule has 0 spiro atoms. The van der Waals surface area contributed by atoms with Gasteiger partial charge in [-0.15, -0.1) is 0 Å². The molecule has 1 aliphatic heterocycles. The van der Waals surface area contributed by atoms with Crippen molar-refractivity contribution >= 4 is 32.4 Å². The maximum atomic E-state index is 2.43. The molecule has 1 saturated heterocycles. The summed E-state index contributed by atoms with van der Waals surface area (Å²) in [7, 11) is 4.45. The van der Waals surface area contributed by atoms with Crippen molar-refractivity contribution in [2.24, 2.45) is 0 Å². The van der Waals surface area contributed by atoms with Crippen LogP contribution in [-0.4, -0.2) is 23.8 Å². The van der Waals surface area contributed by atoms with Gasteiger partial charge in [-0.25, -0.2) is 0 Å². The second-order valence-corrected chi connectivity index (χ2v) is 14.8. The molecule has 0 unspecified atom stereocenters. The SMILES string of the molecule is C[As]1SCCCS1. The minimum atomic E-state index is -0.318. The van der Waals surface area contributed by atoms with Gasteiger partial charge in [0, 0.05) is 0 Å². The van der Waals surface area contributed by atoms with Crippen LogP contribution >= 0.6 is 20.0 Å². The van der Waals surface area contributed by atoms with E-state index in [-0.39, 0.29) is 12.3 Å². The standard InChI is InChI=1S/C4H9AsS2/c1-5-6-3-2-4-7-5/h2-4H2,1H3. The van der Waals surface area contributed by atoms with Crippen molar-refractivity contribution in [3.05, 3.63) is 0 Å².